The van der Waals surface area contributed by atoms with E-state index in [0.29, 0.717) is 0 Å². The lowest BCUT2D eigenvalue weighted by atomic mass is 10.2. The quantitative estimate of drug-likeness (QED) is 0.390. The van der Waals surface area contributed by atoms with Gasteiger partial charge in [0.2, 0.25) is 0 Å². The van der Waals surface area contributed by atoms with Gasteiger partial charge in [0.1, 0.15) is 0 Å². The highest BCUT2D eigenvalue weighted by molar-refractivity contribution is 4.57. The molecule has 9 heavy (non-hydrogen) atoms. The predicted molar refractivity (Wildman–Crippen MR) is 40.1 cm³/mol. The van der Waals surface area contributed by atoms with Crippen LogP contribution in [0.25, 0.3) is 0 Å². The zero-order chi connectivity index (χ0) is 6.57. The fourth-order valence-corrected chi connectivity index (χ4v) is 0.455. The zero-order valence-electron chi connectivity index (χ0n) is 6.01. The molecule has 0 saturated heterocycles. The first-order chi connectivity index (χ1) is 3.63. The van der Waals surface area contributed by atoms with E-state index in [4.69, 9.17) is 17.2 Å². The first kappa shape index (κ1) is 11.6. The van der Waals surface area contributed by atoms with Crippen molar-refractivity contribution < 1.29 is 0 Å². The average Bonchev–Trinajstić information content (AvgIpc) is 1.61. The first-order valence-corrected chi connectivity index (χ1v) is 2.89. The topological polar surface area (TPSA) is 113 Å². The molecule has 0 rings (SSSR count). The molecule has 0 radical (unpaired) electrons. The van der Waals surface area contributed by atoms with Crippen LogP contribution in [0.5, 0.6) is 0 Å². The Morgan fingerprint density at radius 1 is 1.11 bits per heavy atom. The van der Waals surface area contributed by atoms with Crippen LogP contribution in [0.2, 0.25) is 0 Å². The van der Waals surface area contributed by atoms with Gasteiger partial charge in [-0.15, -0.1) is 0 Å². The van der Waals surface area contributed by atoms with E-state index in [1.165, 1.54) is 0 Å². The van der Waals surface area contributed by atoms with Gasteiger partial charge in [-0.1, -0.05) is 0 Å². The third-order valence-electron chi connectivity index (χ3n) is 0.955. The molecule has 0 fully saturated rings. The molecular weight excluding hydrogens is 116 g/mol. The van der Waals surface area contributed by atoms with Crippen LogP contribution in [-0.4, -0.2) is 12.2 Å². The van der Waals surface area contributed by atoms with Crippen molar-refractivity contribution in [1.29, 1.82) is 0 Å². The van der Waals surface area contributed by atoms with Crippen molar-refractivity contribution >= 4 is 0 Å². The van der Waals surface area contributed by atoms with Gasteiger partial charge in [0, 0.05) is 6.04 Å². The van der Waals surface area contributed by atoms with Crippen molar-refractivity contribution in [1.82, 2.24) is 6.15 Å². The summed E-state index contributed by atoms with van der Waals surface area (Å²) in [6.45, 7) is 1.95. The molecule has 0 amide bonds. The molecule has 1 unspecified atom stereocenters. The van der Waals surface area contributed by atoms with E-state index in [-0.39, 0.29) is 18.4 Å². The zero-order valence-corrected chi connectivity index (χ0v) is 6.01. The summed E-state index contributed by atoms with van der Waals surface area (Å²) in [5.74, 6) is 0. The Morgan fingerprint density at radius 3 is 1.67 bits per heavy atom. The summed E-state index contributed by atoms with van der Waals surface area (Å²) in [6.07, 6.45) is 1.54. The van der Waals surface area contributed by atoms with E-state index in [2.05, 4.69) is 0 Å². The number of nitrogens with two attached hydrogens (primary N) is 3. The van der Waals surface area contributed by atoms with Crippen molar-refractivity contribution in [2.75, 3.05) is 0 Å². The van der Waals surface area contributed by atoms with E-state index in [1.54, 1.807) is 0 Å². The second-order valence-corrected chi connectivity index (χ2v) is 2.22. The molecule has 0 heterocycles. The van der Waals surface area contributed by atoms with E-state index >= 15 is 0 Å². The summed E-state index contributed by atoms with van der Waals surface area (Å²) in [4.78, 5) is 0. The number of hydrogen-bond donors (Lipinski definition) is 4. The molecule has 58 valence electrons. The summed E-state index contributed by atoms with van der Waals surface area (Å²) >= 11 is 0. The maximum Gasteiger partial charge on any atom is 0.0521 e. The SMILES string of the molecule is CC(N)CCC(N)N.N. The van der Waals surface area contributed by atoms with Gasteiger partial charge in [-0.2, -0.15) is 0 Å². The molecule has 0 saturated carbocycles. The first-order valence-electron chi connectivity index (χ1n) is 2.89. The normalized spacial score (nSPS) is 13.0. The van der Waals surface area contributed by atoms with Crippen LogP contribution in [0.1, 0.15) is 19.8 Å². The molecule has 1 atom stereocenters. The largest absolute Gasteiger partial charge is 0.344 e. The molecule has 0 aliphatic heterocycles. The number of rotatable bonds is 3. The van der Waals surface area contributed by atoms with Crippen molar-refractivity contribution in [3.05, 3.63) is 0 Å². The fourth-order valence-electron chi connectivity index (χ4n) is 0.455. The minimum absolute atomic E-state index is 0. The lowest BCUT2D eigenvalue weighted by molar-refractivity contribution is 0.550. The predicted octanol–water partition coefficient (Wildman–Crippen LogP) is -0.481. The van der Waals surface area contributed by atoms with Gasteiger partial charge >= 0.3 is 0 Å². The van der Waals surface area contributed by atoms with Gasteiger partial charge in [0.25, 0.3) is 0 Å². The summed E-state index contributed by atoms with van der Waals surface area (Å²) in [5.41, 5.74) is 16.0. The summed E-state index contributed by atoms with van der Waals surface area (Å²) in [7, 11) is 0. The third-order valence-corrected chi connectivity index (χ3v) is 0.955. The van der Waals surface area contributed by atoms with Crippen molar-refractivity contribution in [3.63, 3.8) is 0 Å². The van der Waals surface area contributed by atoms with Crippen LogP contribution in [0.3, 0.4) is 0 Å². The van der Waals surface area contributed by atoms with Gasteiger partial charge < -0.3 is 23.4 Å². The maximum atomic E-state index is 5.43. The highest BCUT2D eigenvalue weighted by atomic mass is 14.8. The van der Waals surface area contributed by atoms with Gasteiger partial charge in [-0.25, -0.2) is 0 Å². The minimum Gasteiger partial charge on any atom is -0.344 e. The van der Waals surface area contributed by atoms with E-state index < -0.39 is 0 Å². The molecule has 4 heteroatoms. The van der Waals surface area contributed by atoms with Crippen molar-refractivity contribution in [2.45, 2.75) is 32.0 Å². The van der Waals surface area contributed by atoms with Crippen LogP contribution in [0.4, 0.5) is 0 Å². The van der Waals surface area contributed by atoms with Crippen molar-refractivity contribution in [3.8, 4) is 0 Å². The second kappa shape index (κ2) is 5.97. The van der Waals surface area contributed by atoms with Gasteiger partial charge in [-0.3, -0.25) is 0 Å². The lowest BCUT2D eigenvalue weighted by Gasteiger charge is -2.06. The molecule has 0 spiro atoms. The molecule has 0 bridgehead atoms. The third kappa shape index (κ3) is 11.4. The summed E-state index contributed by atoms with van der Waals surface area (Å²) < 4.78 is 0. The minimum atomic E-state index is -0.194. The highest BCUT2D eigenvalue weighted by Crippen LogP contribution is 1.91. The summed E-state index contributed by atoms with van der Waals surface area (Å²) in [6, 6.07) is 0.226. The van der Waals surface area contributed by atoms with Crippen molar-refractivity contribution in [2.24, 2.45) is 17.2 Å². The Hall–Kier alpha value is -0.160. The highest BCUT2D eigenvalue weighted by Gasteiger charge is 1.96. The van der Waals surface area contributed by atoms with E-state index in [0.717, 1.165) is 12.8 Å². The fraction of sp³-hybridized carbons (Fsp3) is 1.00. The Labute approximate surface area is 56.4 Å². The molecule has 4 nitrogen and oxygen atoms in total. The standard InChI is InChI=1S/C5H15N3.H3N/c1-4(6)2-3-5(7)8;/h4-5H,2-3,6-8H2,1H3;1H3. The van der Waals surface area contributed by atoms with Crippen LogP contribution in [0.15, 0.2) is 0 Å². The second-order valence-electron chi connectivity index (χ2n) is 2.22. The van der Waals surface area contributed by atoms with E-state index in [9.17, 15) is 0 Å². The van der Waals surface area contributed by atoms with E-state index in [1.807, 2.05) is 6.92 Å². The maximum absolute atomic E-state index is 5.43. The van der Waals surface area contributed by atoms with Crippen LogP contribution >= 0.6 is 0 Å². The van der Waals surface area contributed by atoms with Crippen LogP contribution in [0, 0.1) is 0 Å². The number of hydrogen-bond acceptors (Lipinski definition) is 4. The van der Waals surface area contributed by atoms with Crippen LogP contribution in [-0.2, 0) is 0 Å². The lowest BCUT2D eigenvalue weighted by Crippen LogP contribution is -2.32. The smallest absolute Gasteiger partial charge is 0.0521 e. The Balaban J connectivity index is 0. The molecule has 0 aliphatic rings. The average molecular weight is 134 g/mol. The Bertz CT molecular complexity index is 44.9. The van der Waals surface area contributed by atoms with Gasteiger partial charge in [0.05, 0.1) is 6.17 Å². The molecule has 0 aromatic rings. The molecule has 0 aromatic heterocycles. The Morgan fingerprint density at radius 2 is 1.56 bits per heavy atom. The Kier molecular flexibility index (Phi) is 7.70. The molecular formula is C5H18N4. The van der Waals surface area contributed by atoms with Gasteiger partial charge in [-0.05, 0) is 19.8 Å². The monoisotopic (exact) mass is 134 g/mol. The molecule has 0 aromatic carbocycles. The molecule has 9 N–H and O–H groups in total. The van der Waals surface area contributed by atoms with Crippen LogP contribution < -0.4 is 23.4 Å². The summed E-state index contributed by atoms with van der Waals surface area (Å²) in [5, 5.41) is 0. The molecule has 0 aliphatic carbocycles. The van der Waals surface area contributed by atoms with Gasteiger partial charge in [0.15, 0.2) is 0 Å².